The van der Waals surface area contributed by atoms with Gasteiger partial charge in [-0.05, 0) is 42.7 Å². The number of nitrogens with two attached hydrogens (primary N) is 1. The highest BCUT2D eigenvalue weighted by Crippen LogP contribution is 2.25. The van der Waals surface area contributed by atoms with Crippen molar-refractivity contribution in [2.75, 3.05) is 0 Å². The van der Waals surface area contributed by atoms with Gasteiger partial charge in [-0.1, -0.05) is 18.2 Å². The molecule has 0 heterocycles. The van der Waals surface area contributed by atoms with Crippen LogP contribution in [0.3, 0.4) is 0 Å². The molecule has 0 radical (unpaired) electrons. The van der Waals surface area contributed by atoms with Gasteiger partial charge in [0, 0.05) is 5.56 Å². The zero-order valence-electron chi connectivity index (χ0n) is 11.0. The molecule has 0 fully saturated rings. The van der Waals surface area contributed by atoms with Crippen molar-refractivity contribution >= 4 is 0 Å². The third kappa shape index (κ3) is 3.00. The number of hydrazine groups is 1. The number of aryl methyl sites for hydroxylation is 1. The maximum absolute atomic E-state index is 14.1. The summed E-state index contributed by atoms with van der Waals surface area (Å²) in [7, 11) is 0. The van der Waals surface area contributed by atoms with E-state index in [1.807, 2.05) is 0 Å². The number of nitrogens with one attached hydrogen (secondary N) is 1. The van der Waals surface area contributed by atoms with E-state index in [1.54, 1.807) is 19.1 Å². The first kappa shape index (κ1) is 14.6. The van der Waals surface area contributed by atoms with Gasteiger partial charge in [-0.3, -0.25) is 11.3 Å². The predicted molar refractivity (Wildman–Crippen MR) is 71.3 cm³/mol. The number of hydrogen-bond donors (Lipinski definition) is 2. The number of benzene rings is 2. The largest absolute Gasteiger partial charge is 0.271 e. The normalized spacial score (nSPS) is 12.4. The summed E-state index contributed by atoms with van der Waals surface area (Å²) in [6, 6.07) is 7.64. The maximum Gasteiger partial charge on any atom is 0.133 e. The summed E-state index contributed by atoms with van der Waals surface area (Å²) in [4.78, 5) is 0. The fraction of sp³-hybridized carbons (Fsp3) is 0.200. The van der Waals surface area contributed by atoms with E-state index in [0.717, 1.165) is 0 Å². The Morgan fingerprint density at radius 2 is 1.90 bits per heavy atom. The van der Waals surface area contributed by atoms with Crippen molar-refractivity contribution in [2.24, 2.45) is 5.84 Å². The molecule has 2 nitrogen and oxygen atoms in total. The molecular weight excluding hydrogens is 265 g/mol. The Bertz CT molecular complexity index is 614. The lowest BCUT2D eigenvalue weighted by molar-refractivity contribution is 0.469. The predicted octanol–water partition coefficient (Wildman–Crippen LogP) is 3.16. The molecular formula is C15H15F3N2. The van der Waals surface area contributed by atoms with Gasteiger partial charge >= 0.3 is 0 Å². The highest BCUT2D eigenvalue weighted by atomic mass is 19.1. The molecule has 0 aromatic heterocycles. The summed E-state index contributed by atoms with van der Waals surface area (Å²) in [5.41, 5.74) is 3.20. The van der Waals surface area contributed by atoms with Crippen LogP contribution in [-0.4, -0.2) is 0 Å². The number of rotatable bonds is 4. The summed E-state index contributed by atoms with van der Waals surface area (Å²) in [6.45, 7) is 1.55. The smallest absolute Gasteiger partial charge is 0.133 e. The van der Waals surface area contributed by atoms with Crippen LogP contribution in [0.15, 0.2) is 36.4 Å². The molecule has 2 rings (SSSR count). The molecule has 3 N–H and O–H groups in total. The van der Waals surface area contributed by atoms with Crippen molar-refractivity contribution in [2.45, 2.75) is 19.4 Å². The Morgan fingerprint density at radius 1 is 1.15 bits per heavy atom. The summed E-state index contributed by atoms with van der Waals surface area (Å²) < 4.78 is 41.1. The van der Waals surface area contributed by atoms with Gasteiger partial charge < -0.3 is 0 Å². The average Bonchev–Trinajstić information content (AvgIpc) is 2.42. The van der Waals surface area contributed by atoms with Gasteiger partial charge in [0.1, 0.15) is 17.5 Å². The lowest BCUT2D eigenvalue weighted by Gasteiger charge is -2.19. The Morgan fingerprint density at radius 3 is 2.55 bits per heavy atom. The second kappa shape index (κ2) is 6.07. The minimum atomic E-state index is -0.767. The zero-order valence-corrected chi connectivity index (χ0v) is 11.0. The fourth-order valence-electron chi connectivity index (χ4n) is 2.14. The van der Waals surface area contributed by atoms with Crippen LogP contribution in [0.5, 0.6) is 0 Å². The Labute approximate surface area is 115 Å². The standard InChI is InChI=1S/C15H15F3N2/c1-9-5-6-12(17)14(15(9)18)13(20-19)8-10-3-2-4-11(16)7-10/h2-7,13,20H,8,19H2,1H3. The fourth-order valence-corrected chi connectivity index (χ4v) is 2.14. The van der Waals surface area contributed by atoms with Crippen LogP contribution in [0.2, 0.25) is 0 Å². The van der Waals surface area contributed by atoms with Crippen molar-refractivity contribution < 1.29 is 13.2 Å². The first-order valence-corrected chi connectivity index (χ1v) is 6.18. The van der Waals surface area contributed by atoms with Crippen molar-refractivity contribution in [3.05, 3.63) is 70.5 Å². The molecule has 0 aliphatic carbocycles. The summed E-state index contributed by atoms with van der Waals surface area (Å²) in [5, 5.41) is 0. The molecule has 20 heavy (non-hydrogen) atoms. The van der Waals surface area contributed by atoms with Gasteiger partial charge in [-0.25, -0.2) is 13.2 Å². The van der Waals surface area contributed by atoms with Crippen molar-refractivity contribution in [3.63, 3.8) is 0 Å². The van der Waals surface area contributed by atoms with E-state index in [4.69, 9.17) is 5.84 Å². The van der Waals surface area contributed by atoms with Crippen molar-refractivity contribution in [1.82, 2.24) is 5.43 Å². The molecule has 0 spiro atoms. The highest BCUT2D eigenvalue weighted by Gasteiger charge is 2.21. The van der Waals surface area contributed by atoms with Crippen LogP contribution in [0.25, 0.3) is 0 Å². The Hall–Kier alpha value is -1.85. The van der Waals surface area contributed by atoms with E-state index in [9.17, 15) is 13.2 Å². The summed E-state index contributed by atoms with van der Waals surface area (Å²) >= 11 is 0. The van der Waals surface area contributed by atoms with Gasteiger partial charge in [-0.2, -0.15) is 0 Å². The Kier molecular flexibility index (Phi) is 4.42. The van der Waals surface area contributed by atoms with E-state index >= 15 is 0 Å². The number of halogens is 3. The minimum Gasteiger partial charge on any atom is -0.271 e. The van der Waals surface area contributed by atoms with E-state index in [0.29, 0.717) is 11.1 Å². The van der Waals surface area contributed by atoms with E-state index in [-0.39, 0.29) is 12.0 Å². The second-order valence-corrected chi connectivity index (χ2v) is 4.65. The molecule has 1 unspecified atom stereocenters. The minimum absolute atomic E-state index is 0.128. The lowest BCUT2D eigenvalue weighted by Crippen LogP contribution is -2.31. The Balaban J connectivity index is 2.36. The van der Waals surface area contributed by atoms with Gasteiger partial charge in [0.25, 0.3) is 0 Å². The van der Waals surface area contributed by atoms with Gasteiger partial charge in [0.05, 0.1) is 6.04 Å². The first-order valence-electron chi connectivity index (χ1n) is 6.18. The quantitative estimate of drug-likeness (QED) is 0.667. The molecule has 0 amide bonds. The van der Waals surface area contributed by atoms with Gasteiger partial charge in [0.15, 0.2) is 0 Å². The van der Waals surface area contributed by atoms with Crippen molar-refractivity contribution in [1.29, 1.82) is 0 Å². The van der Waals surface area contributed by atoms with Gasteiger partial charge in [0.2, 0.25) is 0 Å². The molecule has 106 valence electrons. The van der Waals surface area contributed by atoms with Crippen LogP contribution in [0, 0.1) is 24.4 Å². The lowest BCUT2D eigenvalue weighted by atomic mass is 9.97. The molecule has 2 aromatic rings. The molecule has 0 saturated carbocycles. The second-order valence-electron chi connectivity index (χ2n) is 4.65. The van der Waals surface area contributed by atoms with Crippen LogP contribution >= 0.6 is 0 Å². The summed E-state index contributed by atoms with van der Waals surface area (Å²) in [5.74, 6) is 3.69. The van der Waals surface area contributed by atoms with Crippen LogP contribution < -0.4 is 11.3 Å². The molecule has 1 atom stereocenters. The van der Waals surface area contributed by atoms with Crippen molar-refractivity contribution in [3.8, 4) is 0 Å². The third-order valence-electron chi connectivity index (χ3n) is 3.20. The number of hydrogen-bond acceptors (Lipinski definition) is 2. The highest BCUT2D eigenvalue weighted by molar-refractivity contribution is 5.31. The van der Waals surface area contributed by atoms with Crippen LogP contribution in [0.1, 0.15) is 22.7 Å². The van der Waals surface area contributed by atoms with E-state index < -0.39 is 23.5 Å². The SMILES string of the molecule is Cc1ccc(F)c(C(Cc2cccc(F)c2)NN)c1F. The van der Waals surface area contributed by atoms with E-state index in [2.05, 4.69) is 5.43 Å². The molecule has 0 aliphatic rings. The molecule has 0 bridgehead atoms. The van der Waals surface area contributed by atoms with Gasteiger partial charge in [-0.15, -0.1) is 0 Å². The van der Waals surface area contributed by atoms with Crippen LogP contribution in [0.4, 0.5) is 13.2 Å². The molecule has 0 aliphatic heterocycles. The van der Waals surface area contributed by atoms with E-state index in [1.165, 1.54) is 24.3 Å². The summed E-state index contributed by atoms with van der Waals surface area (Å²) in [6.07, 6.45) is 0.186. The maximum atomic E-state index is 14.1. The van der Waals surface area contributed by atoms with Crippen LogP contribution in [-0.2, 0) is 6.42 Å². The first-order chi connectivity index (χ1) is 9.52. The average molecular weight is 280 g/mol. The topological polar surface area (TPSA) is 38.0 Å². The third-order valence-corrected chi connectivity index (χ3v) is 3.20. The molecule has 2 aromatic carbocycles. The molecule has 0 saturated heterocycles. The molecule has 5 heteroatoms. The zero-order chi connectivity index (χ0) is 14.7. The monoisotopic (exact) mass is 280 g/mol.